The van der Waals surface area contributed by atoms with Crippen LogP contribution in [0.5, 0.6) is 0 Å². The van der Waals surface area contributed by atoms with Gasteiger partial charge in [0.15, 0.2) is 12.4 Å². The van der Waals surface area contributed by atoms with E-state index in [1.807, 2.05) is 0 Å². The summed E-state index contributed by atoms with van der Waals surface area (Å²) in [5.74, 6) is -1.80. The van der Waals surface area contributed by atoms with E-state index in [-0.39, 0.29) is 6.61 Å². The van der Waals surface area contributed by atoms with Crippen LogP contribution in [0.3, 0.4) is 0 Å². The van der Waals surface area contributed by atoms with E-state index in [2.05, 4.69) is 4.74 Å². The second kappa shape index (κ2) is 11.4. The fourth-order valence-electron chi connectivity index (χ4n) is 3.14. The molecular formula is C23H24O9. The number of carbonyl (C=O) groups excluding carboxylic acids is 3. The van der Waals surface area contributed by atoms with Crippen molar-refractivity contribution in [3.8, 4) is 0 Å². The van der Waals surface area contributed by atoms with Crippen LogP contribution >= 0.6 is 0 Å². The van der Waals surface area contributed by atoms with Gasteiger partial charge in [-0.3, -0.25) is 0 Å². The Morgan fingerprint density at radius 1 is 0.844 bits per heavy atom. The zero-order valence-electron chi connectivity index (χ0n) is 17.7. The van der Waals surface area contributed by atoms with Crippen LogP contribution < -0.4 is 0 Å². The lowest BCUT2D eigenvalue weighted by molar-refractivity contribution is -0.174. The first-order valence-corrected chi connectivity index (χ1v) is 9.88. The summed E-state index contributed by atoms with van der Waals surface area (Å²) in [7, 11) is 2.61. The average molecular weight is 444 g/mol. The highest BCUT2D eigenvalue weighted by molar-refractivity contribution is 5.90. The largest absolute Gasteiger partial charge is 0.467 e. The Bertz CT molecular complexity index is 900. The first-order valence-electron chi connectivity index (χ1n) is 9.88. The number of hydrogen-bond donors (Lipinski definition) is 0. The number of carbonyl (C=O) groups is 3. The SMILES string of the molecule is COC(=O)CO[C@H]1[C@H](OC)O[C@H](COC(=O)c2ccccc2)[C@H]1OC(=O)c1ccccc1. The van der Waals surface area contributed by atoms with E-state index in [1.165, 1.54) is 14.2 Å². The van der Waals surface area contributed by atoms with E-state index in [4.69, 9.17) is 23.7 Å². The van der Waals surface area contributed by atoms with Gasteiger partial charge in [-0.05, 0) is 24.3 Å². The first-order chi connectivity index (χ1) is 15.5. The molecule has 32 heavy (non-hydrogen) atoms. The molecule has 0 bridgehead atoms. The van der Waals surface area contributed by atoms with Crippen LogP contribution in [0.2, 0.25) is 0 Å². The molecule has 0 unspecified atom stereocenters. The van der Waals surface area contributed by atoms with Crippen LogP contribution in [-0.4, -0.2) is 69.9 Å². The first kappa shape index (κ1) is 23.4. The number of esters is 3. The second-order valence-corrected chi connectivity index (χ2v) is 6.83. The van der Waals surface area contributed by atoms with Crippen molar-refractivity contribution >= 4 is 17.9 Å². The average Bonchev–Trinajstić information content (AvgIpc) is 3.18. The zero-order chi connectivity index (χ0) is 22.9. The van der Waals surface area contributed by atoms with Gasteiger partial charge in [0.25, 0.3) is 0 Å². The molecule has 0 saturated carbocycles. The van der Waals surface area contributed by atoms with Gasteiger partial charge in [0.05, 0.1) is 18.2 Å². The summed E-state index contributed by atoms with van der Waals surface area (Å²) < 4.78 is 32.3. The lowest BCUT2D eigenvalue weighted by Gasteiger charge is -2.23. The molecule has 1 aliphatic heterocycles. The summed E-state index contributed by atoms with van der Waals surface area (Å²) in [6.45, 7) is -0.626. The lowest BCUT2D eigenvalue weighted by Crippen LogP contribution is -2.42. The second-order valence-electron chi connectivity index (χ2n) is 6.83. The Morgan fingerprint density at radius 3 is 2.00 bits per heavy atom. The van der Waals surface area contributed by atoms with Crippen molar-refractivity contribution in [3.05, 3.63) is 71.8 Å². The van der Waals surface area contributed by atoms with Gasteiger partial charge >= 0.3 is 17.9 Å². The van der Waals surface area contributed by atoms with Gasteiger partial charge in [-0.15, -0.1) is 0 Å². The van der Waals surface area contributed by atoms with Crippen LogP contribution in [0.4, 0.5) is 0 Å². The van der Waals surface area contributed by atoms with Gasteiger partial charge in [-0.1, -0.05) is 36.4 Å². The third-order valence-electron chi connectivity index (χ3n) is 4.76. The van der Waals surface area contributed by atoms with E-state index >= 15 is 0 Å². The summed E-state index contributed by atoms with van der Waals surface area (Å²) in [5, 5.41) is 0. The molecule has 4 atom stereocenters. The van der Waals surface area contributed by atoms with Crippen molar-refractivity contribution in [2.45, 2.75) is 24.6 Å². The highest BCUT2D eigenvalue weighted by Gasteiger charge is 2.49. The molecule has 3 rings (SSSR count). The van der Waals surface area contributed by atoms with Gasteiger partial charge in [-0.25, -0.2) is 14.4 Å². The molecule has 2 aromatic rings. The molecule has 1 heterocycles. The molecular weight excluding hydrogens is 420 g/mol. The van der Waals surface area contributed by atoms with Crippen molar-refractivity contribution in [1.82, 2.24) is 0 Å². The molecule has 2 aromatic carbocycles. The number of benzene rings is 2. The van der Waals surface area contributed by atoms with Crippen LogP contribution in [0.1, 0.15) is 20.7 Å². The molecule has 0 radical (unpaired) electrons. The van der Waals surface area contributed by atoms with Crippen LogP contribution in [0.25, 0.3) is 0 Å². The maximum atomic E-state index is 12.7. The van der Waals surface area contributed by atoms with E-state index < -0.39 is 49.1 Å². The number of methoxy groups -OCH3 is 2. The Hall–Kier alpha value is -3.27. The molecule has 1 fully saturated rings. The minimum Gasteiger partial charge on any atom is -0.467 e. The molecule has 0 aromatic heterocycles. The van der Waals surface area contributed by atoms with Crippen molar-refractivity contribution in [2.24, 2.45) is 0 Å². The topological polar surface area (TPSA) is 107 Å². The Balaban J connectivity index is 1.75. The summed E-state index contributed by atoms with van der Waals surface area (Å²) in [6.07, 6.45) is -3.82. The predicted octanol–water partition coefficient (Wildman–Crippen LogP) is 2.00. The maximum absolute atomic E-state index is 12.7. The van der Waals surface area contributed by atoms with Gasteiger partial charge in [-0.2, -0.15) is 0 Å². The van der Waals surface area contributed by atoms with E-state index in [0.717, 1.165) is 0 Å². The molecule has 1 saturated heterocycles. The van der Waals surface area contributed by atoms with Crippen LogP contribution in [-0.2, 0) is 33.2 Å². The summed E-state index contributed by atoms with van der Waals surface area (Å²) in [6, 6.07) is 16.8. The Labute approximate surface area is 185 Å². The Kier molecular flexibility index (Phi) is 8.32. The minimum atomic E-state index is -1.01. The molecule has 170 valence electrons. The fourth-order valence-corrected chi connectivity index (χ4v) is 3.14. The molecule has 0 spiro atoms. The van der Waals surface area contributed by atoms with Crippen LogP contribution in [0, 0.1) is 0 Å². The van der Waals surface area contributed by atoms with E-state index in [0.29, 0.717) is 11.1 Å². The smallest absolute Gasteiger partial charge is 0.338 e. The van der Waals surface area contributed by atoms with Gasteiger partial charge < -0.3 is 28.4 Å². The minimum absolute atomic E-state index is 0.224. The summed E-state index contributed by atoms with van der Waals surface area (Å²) in [5.41, 5.74) is 0.685. The van der Waals surface area contributed by atoms with E-state index in [9.17, 15) is 14.4 Å². The third kappa shape index (κ3) is 5.91. The number of hydrogen-bond acceptors (Lipinski definition) is 9. The highest BCUT2D eigenvalue weighted by Crippen LogP contribution is 2.28. The molecule has 9 heteroatoms. The van der Waals surface area contributed by atoms with Crippen molar-refractivity contribution in [1.29, 1.82) is 0 Å². The molecule has 0 N–H and O–H groups in total. The fraction of sp³-hybridized carbons (Fsp3) is 0.348. The molecule has 1 aliphatic rings. The Morgan fingerprint density at radius 2 is 1.44 bits per heavy atom. The molecule has 9 nitrogen and oxygen atoms in total. The van der Waals surface area contributed by atoms with Gasteiger partial charge in [0, 0.05) is 7.11 Å². The third-order valence-corrected chi connectivity index (χ3v) is 4.76. The normalized spacial score (nSPS) is 22.2. The monoisotopic (exact) mass is 444 g/mol. The summed E-state index contributed by atoms with van der Waals surface area (Å²) >= 11 is 0. The highest BCUT2D eigenvalue weighted by atomic mass is 16.7. The molecule has 0 amide bonds. The van der Waals surface area contributed by atoms with Crippen molar-refractivity contribution in [2.75, 3.05) is 27.4 Å². The van der Waals surface area contributed by atoms with Crippen molar-refractivity contribution in [3.63, 3.8) is 0 Å². The molecule has 0 aliphatic carbocycles. The quantitative estimate of drug-likeness (QED) is 0.424. The van der Waals surface area contributed by atoms with Gasteiger partial charge in [0.1, 0.15) is 25.4 Å². The lowest BCUT2D eigenvalue weighted by atomic mass is 10.1. The maximum Gasteiger partial charge on any atom is 0.338 e. The number of rotatable bonds is 9. The standard InChI is InChI=1S/C23H24O9/c1-27-18(24)14-29-20-19(32-22(26)16-11-7-4-8-12-16)17(31-23(20)28-2)13-30-21(25)15-9-5-3-6-10-15/h3-12,17,19-20,23H,13-14H2,1-2H3/t17-,19-,20-,23-/m1/s1. The van der Waals surface area contributed by atoms with Crippen LogP contribution in [0.15, 0.2) is 60.7 Å². The zero-order valence-corrected chi connectivity index (χ0v) is 17.7. The summed E-state index contributed by atoms with van der Waals surface area (Å²) in [4.78, 5) is 36.6. The number of ether oxygens (including phenoxy) is 6. The van der Waals surface area contributed by atoms with E-state index in [1.54, 1.807) is 60.7 Å². The predicted molar refractivity (Wildman–Crippen MR) is 110 cm³/mol. The van der Waals surface area contributed by atoms with Gasteiger partial charge in [0.2, 0.25) is 0 Å². The van der Waals surface area contributed by atoms with Crippen molar-refractivity contribution < 1.29 is 42.8 Å².